The number of hydrogen-bond donors (Lipinski definition) is 5. The molecule has 8 nitrogen and oxygen atoms in total. The molecule has 0 radical (unpaired) electrons. The van der Waals surface area contributed by atoms with E-state index in [1.54, 1.807) is 6.20 Å². The van der Waals surface area contributed by atoms with Crippen molar-refractivity contribution in [1.82, 2.24) is 14.5 Å². The van der Waals surface area contributed by atoms with Crippen LogP contribution in [0, 0.1) is 5.41 Å². The largest absolute Gasteiger partial charge is 0.394 e. The van der Waals surface area contributed by atoms with Crippen LogP contribution in [0.25, 0.3) is 11.2 Å². The lowest BCUT2D eigenvalue weighted by Crippen LogP contribution is -2.33. The zero-order valence-electron chi connectivity index (χ0n) is 9.89. The van der Waals surface area contributed by atoms with Crippen LogP contribution in [0.15, 0.2) is 18.6 Å². The molecule has 3 rings (SSSR count). The van der Waals surface area contributed by atoms with Gasteiger partial charge in [-0.25, -0.2) is 4.98 Å². The molecule has 5 N–H and O–H groups in total. The summed E-state index contributed by atoms with van der Waals surface area (Å²) in [5.74, 6) is 0. The summed E-state index contributed by atoms with van der Waals surface area (Å²) in [6.45, 7) is -0.379. The molecule has 1 saturated heterocycles. The van der Waals surface area contributed by atoms with Gasteiger partial charge >= 0.3 is 0 Å². The Labute approximate surface area is 107 Å². The highest BCUT2D eigenvalue weighted by Crippen LogP contribution is 2.30. The molecule has 102 valence electrons. The van der Waals surface area contributed by atoms with Crippen molar-refractivity contribution in [3.05, 3.63) is 23.9 Å². The minimum absolute atomic E-state index is 0.274. The number of ether oxygens (including phenoxy) is 1. The van der Waals surface area contributed by atoms with Gasteiger partial charge < -0.3 is 29.6 Å². The van der Waals surface area contributed by atoms with E-state index < -0.39 is 24.5 Å². The number of aliphatic hydroxyl groups excluding tert-OH is 3. The fourth-order valence-corrected chi connectivity index (χ4v) is 2.30. The van der Waals surface area contributed by atoms with Crippen LogP contribution in [0.4, 0.5) is 0 Å². The molecule has 4 atom stereocenters. The normalized spacial score (nSPS) is 31.1. The van der Waals surface area contributed by atoms with Gasteiger partial charge in [-0.05, 0) is 6.07 Å². The second-order valence-corrected chi connectivity index (χ2v) is 4.47. The number of hydrogen-bond acceptors (Lipinski definition) is 6. The Morgan fingerprint density at radius 3 is 2.89 bits per heavy atom. The molecule has 8 heteroatoms. The quantitative estimate of drug-likeness (QED) is 0.450. The second-order valence-electron chi connectivity index (χ2n) is 4.47. The predicted molar refractivity (Wildman–Crippen MR) is 62.9 cm³/mol. The lowest BCUT2D eigenvalue weighted by Gasteiger charge is -2.18. The highest BCUT2D eigenvalue weighted by Gasteiger charge is 2.43. The van der Waals surface area contributed by atoms with Gasteiger partial charge in [-0.1, -0.05) is 0 Å². The maximum absolute atomic E-state index is 9.99. The van der Waals surface area contributed by atoms with E-state index in [-0.39, 0.29) is 12.0 Å². The minimum atomic E-state index is -1.17. The summed E-state index contributed by atoms with van der Waals surface area (Å²) in [4.78, 5) is 6.92. The SMILES string of the molecule is N=c1ccn([C@@H]2O[C@H](CO)[C@@H](O)[C@H]2O)c2nc[nH]c12. The van der Waals surface area contributed by atoms with Crippen molar-refractivity contribution < 1.29 is 20.1 Å². The molecular formula is C11H14N4O4. The van der Waals surface area contributed by atoms with E-state index in [0.29, 0.717) is 11.2 Å². The van der Waals surface area contributed by atoms with E-state index in [9.17, 15) is 10.2 Å². The van der Waals surface area contributed by atoms with E-state index in [2.05, 4.69) is 9.97 Å². The number of nitrogens with zero attached hydrogens (tertiary/aromatic N) is 2. The number of nitrogens with one attached hydrogen (secondary N) is 2. The number of aliphatic hydroxyl groups is 3. The highest BCUT2D eigenvalue weighted by molar-refractivity contribution is 5.69. The Balaban J connectivity index is 2.08. The Hall–Kier alpha value is -1.74. The molecule has 1 aliphatic rings. The number of pyridine rings is 1. The van der Waals surface area contributed by atoms with Gasteiger partial charge in [0.25, 0.3) is 0 Å². The third kappa shape index (κ3) is 1.77. The third-order valence-electron chi connectivity index (χ3n) is 3.33. The average Bonchev–Trinajstić information content (AvgIpc) is 2.99. The lowest BCUT2D eigenvalue weighted by atomic mass is 10.1. The number of fused-ring (bicyclic) bond motifs is 1. The molecule has 3 heterocycles. The van der Waals surface area contributed by atoms with Crippen molar-refractivity contribution >= 4 is 11.2 Å². The first-order valence-electron chi connectivity index (χ1n) is 5.84. The predicted octanol–water partition coefficient (Wildman–Crippen LogP) is -1.54. The molecule has 1 fully saturated rings. The fraction of sp³-hybridized carbons (Fsp3) is 0.455. The van der Waals surface area contributed by atoms with Crippen molar-refractivity contribution in [3.63, 3.8) is 0 Å². The number of rotatable bonds is 2. The van der Waals surface area contributed by atoms with E-state index in [1.807, 2.05) is 0 Å². The molecule has 2 aromatic heterocycles. The van der Waals surface area contributed by atoms with Crippen molar-refractivity contribution in [2.75, 3.05) is 6.61 Å². The summed E-state index contributed by atoms with van der Waals surface area (Å²) < 4.78 is 6.97. The Morgan fingerprint density at radius 1 is 1.42 bits per heavy atom. The monoisotopic (exact) mass is 266 g/mol. The number of imidazole rings is 1. The molecule has 0 unspecified atom stereocenters. The Morgan fingerprint density at radius 2 is 2.21 bits per heavy atom. The zero-order chi connectivity index (χ0) is 13.6. The zero-order valence-corrected chi connectivity index (χ0v) is 9.89. The summed E-state index contributed by atoms with van der Waals surface area (Å²) in [7, 11) is 0. The van der Waals surface area contributed by atoms with E-state index in [0.717, 1.165) is 0 Å². The van der Waals surface area contributed by atoms with Crippen LogP contribution in [0.3, 0.4) is 0 Å². The molecule has 19 heavy (non-hydrogen) atoms. The van der Waals surface area contributed by atoms with Crippen LogP contribution in [0.1, 0.15) is 6.23 Å². The average molecular weight is 266 g/mol. The van der Waals surface area contributed by atoms with Crippen LogP contribution in [-0.4, -0.2) is 54.8 Å². The summed E-state index contributed by atoms with van der Waals surface area (Å²) in [5, 5.41) is 36.8. The van der Waals surface area contributed by atoms with Crippen LogP contribution >= 0.6 is 0 Å². The first-order valence-corrected chi connectivity index (χ1v) is 5.84. The van der Waals surface area contributed by atoms with Crippen molar-refractivity contribution in [1.29, 1.82) is 5.41 Å². The lowest BCUT2D eigenvalue weighted by molar-refractivity contribution is -0.0511. The van der Waals surface area contributed by atoms with Crippen LogP contribution in [-0.2, 0) is 4.74 Å². The maximum Gasteiger partial charge on any atom is 0.164 e. The first-order chi connectivity index (χ1) is 9.13. The van der Waals surface area contributed by atoms with Gasteiger partial charge in [-0.15, -0.1) is 0 Å². The number of H-pyrrole nitrogens is 1. The molecule has 0 spiro atoms. The van der Waals surface area contributed by atoms with Crippen LogP contribution < -0.4 is 5.36 Å². The van der Waals surface area contributed by atoms with Gasteiger partial charge in [0, 0.05) is 6.20 Å². The Kier molecular flexibility index (Phi) is 2.86. The van der Waals surface area contributed by atoms with Gasteiger partial charge in [0.2, 0.25) is 0 Å². The van der Waals surface area contributed by atoms with E-state index >= 15 is 0 Å². The maximum atomic E-state index is 9.99. The minimum Gasteiger partial charge on any atom is -0.394 e. The smallest absolute Gasteiger partial charge is 0.164 e. The summed E-state index contributed by atoms with van der Waals surface area (Å²) in [6, 6.07) is 1.54. The Bertz CT molecular complexity index is 651. The molecular weight excluding hydrogens is 252 g/mol. The standard InChI is InChI=1S/C11H14N4O4/c12-5-1-2-15(10-7(5)13-4-14-10)11-9(18)8(17)6(3-16)19-11/h1-2,4,6,8-9,11-12,16-18H,3H2,(H,13,14)/t6-,8-,9-,11-/m1/s1. The van der Waals surface area contributed by atoms with Gasteiger partial charge in [-0.3, -0.25) is 5.41 Å². The van der Waals surface area contributed by atoms with E-state index in [4.69, 9.17) is 15.3 Å². The molecule has 0 amide bonds. The molecule has 2 aromatic rings. The topological polar surface area (TPSA) is 127 Å². The van der Waals surface area contributed by atoms with Crippen LogP contribution in [0.5, 0.6) is 0 Å². The number of aromatic amines is 1. The van der Waals surface area contributed by atoms with Gasteiger partial charge in [0.15, 0.2) is 11.9 Å². The summed E-state index contributed by atoms with van der Waals surface area (Å²) in [6.07, 6.45) is -1.01. The van der Waals surface area contributed by atoms with Gasteiger partial charge in [0.1, 0.15) is 23.8 Å². The summed E-state index contributed by atoms with van der Waals surface area (Å²) >= 11 is 0. The highest BCUT2D eigenvalue weighted by atomic mass is 16.6. The van der Waals surface area contributed by atoms with Gasteiger partial charge in [-0.2, -0.15) is 0 Å². The van der Waals surface area contributed by atoms with Gasteiger partial charge in [0.05, 0.1) is 18.3 Å². The van der Waals surface area contributed by atoms with Crippen LogP contribution in [0.2, 0.25) is 0 Å². The molecule has 0 bridgehead atoms. The molecule has 1 aliphatic heterocycles. The first kappa shape index (κ1) is 12.3. The molecule has 0 aromatic carbocycles. The van der Waals surface area contributed by atoms with E-state index in [1.165, 1.54) is 17.0 Å². The van der Waals surface area contributed by atoms with Crippen molar-refractivity contribution in [3.8, 4) is 0 Å². The van der Waals surface area contributed by atoms with Crippen molar-refractivity contribution in [2.24, 2.45) is 0 Å². The number of aromatic nitrogens is 3. The van der Waals surface area contributed by atoms with Crippen molar-refractivity contribution in [2.45, 2.75) is 24.5 Å². The summed E-state index contributed by atoms with van der Waals surface area (Å²) in [5.41, 5.74) is 0.961. The molecule has 0 saturated carbocycles. The third-order valence-corrected chi connectivity index (χ3v) is 3.33. The second kappa shape index (κ2) is 4.42. The fourth-order valence-electron chi connectivity index (χ4n) is 2.30. The molecule has 0 aliphatic carbocycles.